The van der Waals surface area contributed by atoms with Crippen molar-refractivity contribution in [1.29, 1.82) is 0 Å². The Labute approximate surface area is 152 Å². The molecule has 1 aromatic heterocycles. The first-order valence-electron chi connectivity index (χ1n) is 8.17. The van der Waals surface area contributed by atoms with Crippen molar-refractivity contribution in [2.45, 2.75) is 6.04 Å². The average Bonchev–Trinajstić information content (AvgIpc) is 3.16. The first-order valence-corrected chi connectivity index (χ1v) is 9.78. The highest BCUT2D eigenvalue weighted by molar-refractivity contribution is 7.89. The summed E-state index contributed by atoms with van der Waals surface area (Å²) in [4.78, 5) is 14.1. The van der Waals surface area contributed by atoms with Gasteiger partial charge in [-0.1, -0.05) is 30.2 Å². The van der Waals surface area contributed by atoms with E-state index in [4.69, 9.17) is 15.6 Å². The monoisotopic (exact) mass is 376 g/mol. The topological polar surface area (TPSA) is 80.1 Å². The summed E-state index contributed by atoms with van der Waals surface area (Å²) >= 11 is 0. The molecule has 7 nitrogen and oxygen atoms in total. The van der Waals surface area contributed by atoms with Gasteiger partial charge in [-0.15, -0.1) is 6.42 Å². The molecule has 2 aromatic rings. The summed E-state index contributed by atoms with van der Waals surface area (Å²) in [6.07, 6.45) is 6.73. The van der Waals surface area contributed by atoms with E-state index >= 15 is 0 Å². The summed E-state index contributed by atoms with van der Waals surface area (Å²) in [6, 6.07) is 7.15. The normalized spacial score (nSPS) is 19.7. The molecule has 1 aromatic carbocycles. The summed E-state index contributed by atoms with van der Waals surface area (Å²) in [7, 11) is -1.52. The molecule has 3 rings (SSSR count). The van der Waals surface area contributed by atoms with Gasteiger partial charge in [0.2, 0.25) is 15.8 Å². The second-order valence-corrected chi connectivity index (χ2v) is 8.21. The lowest BCUT2D eigenvalue weighted by atomic mass is 10.2. The molecule has 1 unspecified atom stereocenters. The number of furan rings is 1. The molecular formula is C18H20N2O5S. The fraction of sp³-hybridized carbons (Fsp3) is 0.389. The van der Waals surface area contributed by atoms with Crippen LogP contribution in [-0.4, -0.2) is 68.7 Å². The molecule has 0 amide bonds. The van der Waals surface area contributed by atoms with E-state index in [1.54, 1.807) is 13.1 Å². The SMILES string of the molecule is C#CCN1CC(N(C)CCOC(=O)c2occ3ccccc23)CS1(=O)=O. The van der Waals surface area contributed by atoms with Crippen molar-refractivity contribution in [3.63, 3.8) is 0 Å². The minimum atomic E-state index is -3.32. The van der Waals surface area contributed by atoms with Gasteiger partial charge in [-0.2, -0.15) is 4.31 Å². The standard InChI is InChI=1S/C18H20N2O5S/c1-3-8-20-11-15(13-26(20,22)23)19(2)9-10-24-18(21)17-16-7-5-4-6-14(16)12-25-17/h1,4-7,12,15H,8-11,13H2,2H3. The van der Waals surface area contributed by atoms with Crippen LogP contribution in [0.25, 0.3) is 10.8 Å². The molecule has 1 aliphatic rings. The van der Waals surface area contributed by atoms with Crippen LogP contribution in [0.3, 0.4) is 0 Å². The van der Waals surface area contributed by atoms with E-state index in [0.717, 1.165) is 5.39 Å². The average molecular weight is 376 g/mol. The van der Waals surface area contributed by atoms with Crippen LogP contribution in [0.2, 0.25) is 0 Å². The molecule has 2 heterocycles. The number of fused-ring (bicyclic) bond motifs is 1. The number of esters is 1. The fourth-order valence-corrected chi connectivity index (χ4v) is 4.69. The summed E-state index contributed by atoms with van der Waals surface area (Å²) in [5.74, 6) is 2.02. The summed E-state index contributed by atoms with van der Waals surface area (Å²) in [6.45, 7) is 0.970. The van der Waals surface area contributed by atoms with Crippen molar-refractivity contribution in [1.82, 2.24) is 9.21 Å². The van der Waals surface area contributed by atoms with Crippen LogP contribution in [0.4, 0.5) is 0 Å². The van der Waals surface area contributed by atoms with Gasteiger partial charge in [0.15, 0.2) is 0 Å². The number of sulfonamides is 1. The van der Waals surface area contributed by atoms with Crippen LogP contribution < -0.4 is 0 Å². The number of hydrogen-bond donors (Lipinski definition) is 0. The molecule has 0 aliphatic carbocycles. The molecule has 8 heteroatoms. The number of likely N-dealkylation sites (N-methyl/N-ethyl adjacent to an activating group) is 1. The van der Waals surface area contributed by atoms with E-state index in [2.05, 4.69) is 5.92 Å². The maximum absolute atomic E-state index is 12.2. The molecule has 1 atom stereocenters. The van der Waals surface area contributed by atoms with Gasteiger partial charge in [0, 0.05) is 29.9 Å². The Balaban J connectivity index is 1.53. The van der Waals surface area contributed by atoms with Crippen molar-refractivity contribution in [2.75, 3.05) is 39.0 Å². The van der Waals surface area contributed by atoms with Crippen molar-refractivity contribution in [3.8, 4) is 12.3 Å². The quantitative estimate of drug-likeness (QED) is 0.556. The van der Waals surface area contributed by atoms with Gasteiger partial charge in [0.1, 0.15) is 6.61 Å². The molecule has 0 spiro atoms. The smallest absolute Gasteiger partial charge is 0.374 e. The highest BCUT2D eigenvalue weighted by Crippen LogP contribution is 2.21. The van der Waals surface area contributed by atoms with Gasteiger partial charge in [-0.05, 0) is 7.05 Å². The number of terminal acetylenes is 1. The molecule has 26 heavy (non-hydrogen) atoms. The third kappa shape index (κ3) is 3.75. The second kappa shape index (κ2) is 7.50. The Morgan fingerprint density at radius 3 is 3.00 bits per heavy atom. The zero-order valence-corrected chi connectivity index (χ0v) is 15.2. The Bertz CT molecular complexity index is 944. The molecule has 0 bridgehead atoms. The molecule has 138 valence electrons. The van der Waals surface area contributed by atoms with Gasteiger partial charge in [-0.25, -0.2) is 13.2 Å². The summed E-state index contributed by atoms with van der Waals surface area (Å²) in [5, 5.41) is 1.54. The van der Waals surface area contributed by atoms with Crippen LogP contribution in [0, 0.1) is 12.3 Å². The predicted molar refractivity (Wildman–Crippen MR) is 97.1 cm³/mol. The van der Waals surface area contributed by atoms with Crippen LogP contribution in [0.5, 0.6) is 0 Å². The lowest BCUT2D eigenvalue weighted by Gasteiger charge is -2.22. The summed E-state index contributed by atoms with van der Waals surface area (Å²) < 4.78 is 36.0. The third-order valence-corrected chi connectivity index (χ3v) is 6.34. The Hall–Kier alpha value is -2.34. The zero-order chi connectivity index (χ0) is 18.7. The lowest BCUT2D eigenvalue weighted by molar-refractivity contribution is 0.0426. The maximum atomic E-state index is 12.2. The number of rotatable bonds is 6. The molecule has 0 N–H and O–H groups in total. The Kier molecular flexibility index (Phi) is 5.32. The number of benzene rings is 1. The predicted octanol–water partition coefficient (Wildman–Crippen LogP) is 1.17. The van der Waals surface area contributed by atoms with Crippen molar-refractivity contribution in [2.24, 2.45) is 0 Å². The first kappa shape index (κ1) is 18.5. The van der Waals surface area contributed by atoms with Crippen molar-refractivity contribution in [3.05, 3.63) is 36.3 Å². The number of carbonyl (C=O) groups is 1. The Morgan fingerprint density at radius 1 is 1.46 bits per heavy atom. The molecule has 0 radical (unpaired) electrons. The van der Waals surface area contributed by atoms with Crippen LogP contribution in [0.15, 0.2) is 34.9 Å². The largest absolute Gasteiger partial charge is 0.458 e. The van der Waals surface area contributed by atoms with Gasteiger partial charge >= 0.3 is 5.97 Å². The molecule has 1 saturated heterocycles. The van der Waals surface area contributed by atoms with Crippen LogP contribution in [0.1, 0.15) is 10.6 Å². The van der Waals surface area contributed by atoms with E-state index in [9.17, 15) is 13.2 Å². The van der Waals surface area contributed by atoms with Gasteiger partial charge in [-0.3, -0.25) is 4.90 Å². The van der Waals surface area contributed by atoms with Crippen molar-refractivity contribution < 1.29 is 22.4 Å². The summed E-state index contributed by atoms with van der Waals surface area (Å²) in [5.41, 5.74) is 0. The molecule has 1 aliphatic heterocycles. The third-order valence-electron chi connectivity index (χ3n) is 4.47. The second-order valence-electron chi connectivity index (χ2n) is 6.20. The number of carbonyl (C=O) groups excluding carboxylic acids is 1. The van der Waals surface area contributed by atoms with E-state index < -0.39 is 16.0 Å². The lowest BCUT2D eigenvalue weighted by Crippen LogP contribution is -2.38. The van der Waals surface area contributed by atoms with Gasteiger partial charge in [0.05, 0.1) is 18.6 Å². The number of hydrogen-bond acceptors (Lipinski definition) is 6. The molecule has 1 fully saturated rings. The zero-order valence-electron chi connectivity index (χ0n) is 14.4. The molecule has 0 saturated carbocycles. The van der Waals surface area contributed by atoms with E-state index in [0.29, 0.717) is 18.5 Å². The van der Waals surface area contributed by atoms with E-state index in [-0.39, 0.29) is 30.7 Å². The minimum absolute atomic E-state index is 0.0158. The van der Waals surface area contributed by atoms with E-state index in [1.807, 2.05) is 23.1 Å². The van der Waals surface area contributed by atoms with Crippen molar-refractivity contribution >= 4 is 26.8 Å². The number of nitrogens with zero attached hydrogens (tertiary/aromatic N) is 2. The maximum Gasteiger partial charge on any atom is 0.374 e. The fourth-order valence-electron chi connectivity index (χ4n) is 2.96. The molecular weight excluding hydrogens is 356 g/mol. The highest BCUT2D eigenvalue weighted by atomic mass is 32.2. The van der Waals surface area contributed by atoms with Gasteiger partial charge < -0.3 is 9.15 Å². The minimum Gasteiger partial charge on any atom is -0.458 e. The number of ether oxygens (including phenoxy) is 1. The van der Waals surface area contributed by atoms with E-state index in [1.165, 1.54) is 10.6 Å². The highest BCUT2D eigenvalue weighted by Gasteiger charge is 2.37. The van der Waals surface area contributed by atoms with Crippen LogP contribution >= 0.6 is 0 Å². The first-order chi connectivity index (χ1) is 12.4. The van der Waals surface area contributed by atoms with Crippen LogP contribution in [-0.2, 0) is 14.8 Å². The van der Waals surface area contributed by atoms with Gasteiger partial charge in [0.25, 0.3) is 0 Å². The Morgan fingerprint density at radius 2 is 2.23 bits per heavy atom.